The van der Waals surface area contributed by atoms with Gasteiger partial charge in [-0.05, 0) is 49.6 Å². The van der Waals surface area contributed by atoms with Crippen molar-refractivity contribution in [1.29, 1.82) is 0 Å². The Kier molecular flexibility index (Phi) is 7.67. The van der Waals surface area contributed by atoms with Crippen LogP contribution in [0.5, 0.6) is 0 Å². The van der Waals surface area contributed by atoms with Gasteiger partial charge < -0.3 is 9.80 Å². The standard InChI is InChI=1S/C30H35FN6O/c1-4-6-12-26-32-28(27-21(3)34-37(29(27)33-26)24-15-13-23(31)14-16-24)35-17-19-36(20-18-35)30(38)25(5-2)22-10-8-7-9-11-22/h7-11,13-16,25H,4-6,12,17-20H2,1-3H3/t25-/m0/s1. The number of carbonyl (C=O) groups excluding carboxylic acids is 1. The maximum atomic E-state index is 13.6. The number of carbonyl (C=O) groups is 1. The van der Waals surface area contributed by atoms with Crippen molar-refractivity contribution in [3.63, 3.8) is 0 Å². The summed E-state index contributed by atoms with van der Waals surface area (Å²) >= 11 is 0. The minimum absolute atomic E-state index is 0.120. The zero-order valence-corrected chi connectivity index (χ0v) is 22.4. The Morgan fingerprint density at radius 3 is 2.34 bits per heavy atom. The zero-order valence-electron chi connectivity index (χ0n) is 22.4. The number of aryl methyl sites for hydroxylation is 2. The summed E-state index contributed by atoms with van der Waals surface area (Å²) in [6, 6.07) is 16.4. The summed E-state index contributed by atoms with van der Waals surface area (Å²) < 4.78 is 15.4. The number of aromatic nitrogens is 4. The van der Waals surface area contributed by atoms with Gasteiger partial charge in [-0.3, -0.25) is 4.79 Å². The Balaban J connectivity index is 1.44. The molecule has 1 fully saturated rings. The van der Waals surface area contributed by atoms with Crippen molar-refractivity contribution in [2.24, 2.45) is 0 Å². The van der Waals surface area contributed by atoms with Crippen LogP contribution in [0.25, 0.3) is 16.7 Å². The topological polar surface area (TPSA) is 67.2 Å². The van der Waals surface area contributed by atoms with Gasteiger partial charge in [0.1, 0.15) is 17.5 Å². The molecule has 3 heterocycles. The first kappa shape index (κ1) is 25.8. The van der Waals surface area contributed by atoms with E-state index in [9.17, 15) is 9.18 Å². The minimum atomic E-state index is -0.286. The first-order chi connectivity index (χ1) is 18.5. The van der Waals surface area contributed by atoms with Crippen LogP contribution in [-0.4, -0.2) is 56.7 Å². The first-order valence-electron chi connectivity index (χ1n) is 13.6. The smallest absolute Gasteiger partial charge is 0.230 e. The Labute approximate surface area is 223 Å². The van der Waals surface area contributed by atoms with Crippen LogP contribution in [0, 0.1) is 12.7 Å². The van der Waals surface area contributed by atoms with Crippen LogP contribution in [0.1, 0.15) is 56.1 Å². The fourth-order valence-corrected chi connectivity index (χ4v) is 5.24. The van der Waals surface area contributed by atoms with Crippen LogP contribution in [-0.2, 0) is 11.2 Å². The SMILES string of the molecule is CCCCc1nc(N2CCN(C(=O)[C@@H](CC)c3ccccc3)CC2)c2c(C)nn(-c3ccc(F)cc3)c2n1. The maximum Gasteiger partial charge on any atom is 0.230 e. The first-order valence-corrected chi connectivity index (χ1v) is 13.6. The van der Waals surface area contributed by atoms with Gasteiger partial charge in [-0.25, -0.2) is 19.0 Å². The molecule has 0 aliphatic carbocycles. The van der Waals surface area contributed by atoms with Crippen LogP contribution < -0.4 is 4.90 Å². The molecule has 1 aliphatic heterocycles. The van der Waals surface area contributed by atoms with E-state index in [4.69, 9.17) is 15.1 Å². The van der Waals surface area contributed by atoms with Gasteiger partial charge in [0.05, 0.1) is 22.7 Å². The molecular weight excluding hydrogens is 479 g/mol. The molecule has 0 N–H and O–H groups in total. The minimum Gasteiger partial charge on any atom is -0.352 e. The molecule has 1 atom stereocenters. The molecule has 5 rings (SSSR count). The lowest BCUT2D eigenvalue weighted by Gasteiger charge is -2.37. The molecular formula is C30H35FN6O. The summed E-state index contributed by atoms with van der Waals surface area (Å²) in [5.41, 5.74) is 3.40. The fourth-order valence-electron chi connectivity index (χ4n) is 5.24. The van der Waals surface area contributed by atoms with Gasteiger partial charge in [-0.15, -0.1) is 0 Å². The highest BCUT2D eigenvalue weighted by Crippen LogP contribution is 2.31. The maximum absolute atomic E-state index is 13.6. The van der Waals surface area contributed by atoms with Crippen molar-refractivity contribution in [1.82, 2.24) is 24.6 Å². The Bertz CT molecular complexity index is 1390. The number of piperazine rings is 1. The fraction of sp³-hybridized carbons (Fsp3) is 0.400. The van der Waals surface area contributed by atoms with Crippen LogP contribution in [0.2, 0.25) is 0 Å². The van der Waals surface area contributed by atoms with Gasteiger partial charge in [0, 0.05) is 32.6 Å². The second-order valence-corrected chi connectivity index (χ2v) is 9.92. The highest BCUT2D eigenvalue weighted by Gasteiger charge is 2.29. The van der Waals surface area contributed by atoms with E-state index in [-0.39, 0.29) is 17.6 Å². The average molecular weight is 515 g/mol. The molecule has 38 heavy (non-hydrogen) atoms. The zero-order chi connectivity index (χ0) is 26.6. The molecule has 0 unspecified atom stereocenters. The number of nitrogens with zero attached hydrogens (tertiary/aromatic N) is 6. The Morgan fingerprint density at radius 2 is 1.68 bits per heavy atom. The van der Waals surface area contributed by atoms with E-state index in [0.29, 0.717) is 26.2 Å². The second kappa shape index (κ2) is 11.3. The van der Waals surface area contributed by atoms with Crippen LogP contribution in [0.4, 0.5) is 10.2 Å². The van der Waals surface area contributed by atoms with Crippen LogP contribution in [0.15, 0.2) is 54.6 Å². The number of amides is 1. The molecule has 198 valence electrons. The van der Waals surface area contributed by atoms with Gasteiger partial charge in [-0.2, -0.15) is 5.10 Å². The lowest BCUT2D eigenvalue weighted by molar-refractivity contribution is -0.133. The van der Waals surface area contributed by atoms with E-state index in [1.54, 1.807) is 16.8 Å². The monoisotopic (exact) mass is 514 g/mol. The highest BCUT2D eigenvalue weighted by molar-refractivity contribution is 5.91. The molecule has 0 bridgehead atoms. The molecule has 2 aromatic carbocycles. The predicted molar refractivity (Wildman–Crippen MR) is 148 cm³/mol. The number of unbranched alkanes of at least 4 members (excludes halogenated alkanes) is 1. The molecule has 0 saturated carbocycles. The number of fused-ring (bicyclic) bond motifs is 1. The number of hydrogen-bond donors (Lipinski definition) is 0. The van der Waals surface area contributed by atoms with Crippen molar-refractivity contribution in [2.75, 3.05) is 31.1 Å². The molecule has 2 aromatic heterocycles. The summed E-state index contributed by atoms with van der Waals surface area (Å²) in [4.78, 5) is 27.6. The largest absolute Gasteiger partial charge is 0.352 e. The molecule has 4 aromatic rings. The van der Waals surface area contributed by atoms with Gasteiger partial charge in [0.15, 0.2) is 5.65 Å². The van der Waals surface area contributed by atoms with E-state index in [1.165, 1.54) is 12.1 Å². The highest BCUT2D eigenvalue weighted by atomic mass is 19.1. The predicted octanol–water partition coefficient (Wildman–Crippen LogP) is 5.45. The van der Waals surface area contributed by atoms with Gasteiger partial charge in [-0.1, -0.05) is 50.6 Å². The molecule has 0 spiro atoms. The third-order valence-corrected chi connectivity index (χ3v) is 7.35. The van der Waals surface area contributed by atoms with Crippen molar-refractivity contribution >= 4 is 22.8 Å². The van der Waals surface area contributed by atoms with Crippen molar-refractivity contribution in [3.05, 3.63) is 77.5 Å². The molecule has 1 aliphatic rings. The quantitative estimate of drug-likeness (QED) is 0.313. The summed E-state index contributed by atoms with van der Waals surface area (Å²) in [6.07, 6.45) is 3.60. The summed E-state index contributed by atoms with van der Waals surface area (Å²) in [6.45, 7) is 8.86. The number of benzene rings is 2. The number of anilines is 1. The summed E-state index contributed by atoms with van der Waals surface area (Å²) in [7, 11) is 0. The molecule has 1 amide bonds. The lowest BCUT2D eigenvalue weighted by atomic mass is 9.95. The molecule has 0 radical (unpaired) electrons. The lowest BCUT2D eigenvalue weighted by Crippen LogP contribution is -2.50. The number of halogens is 1. The number of hydrogen-bond acceptors (Lipinski definition) is 5. The number of rotatable bonds is 8. The third-order valence-electron chi connectivity index (χ3n) is 7.35. The van der Waals surface area contributed by atoms with E-state index < -0.39 is 0 Å². The van der Waals surface area contributed by atoms with E-state index in [1.807, 2.05) is 42.2 Å². The van der Waals surface area contributed by atoms with Gasteiger partial charge in [0.2, 0.25) is 5.91 Å². The second-order valence-electron chi connectivity index (χ2n) is 9.92. The Hall–Kier alpha value is -3.81. The van der Waals surface area contributed by atoms with E-state index in [2.05, 4.69) is 18.7 Å². The molecule has 8 heteroatoms. The molecule has 7 nitrogen and oxygen atoms in total. The van der Waals surface area contributed by atoms with Crippen molar-refractivity contribution in [3.8, 4) is 5.69 Å². The Morgan fingerprint density at radius 1 is 0.974 bits per heavy atom. The summed E-state index contributed by atoms with van der Waals surface area (Å²) in [5.74, 6) is 1.44. The third kappa shape index (κ3) is 5.12. The summed E-state index contributed by atoms with van der Waals surface area (Å²) in [5, 5.41) is 5.69. The van der Waals surface area contributed by atoms with E-state index in [0.717, 1.165) is 65.3 Å². The normalized spacial score (nSPS) is 14.7. The van der Waals surface area contributed by atoms with E-state index >= 15 is 0 Å². The van der Waals surface area contributed by atoms with Crippen LogP contribution >= 0.6 is 0 Å². The average Bonchev–Trinajstić information content (AvgIpc) is 3.29. The van der Waals surface area contributed by atoms with Gasteiger partial charge in [0.25, 0.3) is 0 Å². The van der Waals surface area contributed by atoms with Crippen LogP contribution in [0.3, 0.4) is 0 Å². The van der Waals surface area contributed by atoms with Gasteiger partial charge >= 0.3 is 0 Å². The van der Waals surface area contributed by atoms with Crippen molar-refractivity contribution in [2.45, 2.75) is 52.4 Å². The van der Waals surface area contributed by atoms with Crippen molar-refractivity contribution < 1.29 is 9.18 Å². The molecule has 1 saturated heterocycles.